The molecule has 1 heterocycles. The van der Waals surface area contributed by atoms with Crippen molar-refractivity contribution in [3.05, 3.63) is 99.1 Å². The molecule has 10 nitrogen and oxygen atoms in total. The first-order valence-corrected chi connectivity index (χ1v) is 13.6. The predicted molar refractivity (Wildman–Crippen MR) is 146 cm³/mol. The first kappa shape index (κ1) is 26.6. The van der Waals surface area contributed by atoms with Crippen LogP contribution < -0.4 is 4.74 Å². The third kappa shape index (κ3) is 4.74. The van der Waals surface area contributed by atoms with E-state index in [1.165, 1.54) is 48.5 Å². The van der Waals surface area contributed by atoms with Gasteiger partial charge in [-0.2, -0.15) is 5.01 Å². The first-order chi connectivity index (χ1) is 19.7. The Morgan fingerprint density at radius 1 is 0.902 bits per heavy atom. The summed E-state index contributed by atoms with van der Waals surface area (Å²) >= 11 is 6.29. The number of hydrazine groups is 1. The van der Waals surface area contributed by atoms with Gasteiger partial charge in [0.1, 0.15) is 18.0 Å². The van der Waals surface area contributed by atoms with Crippen molar-refractivity contribution >= 4 is 40.8 Å². The summed E-state index contributed by atoms with van der Waals surface area (Å²) in [6, 6.07) is 17.9. The van der Waals surface area contributed by atoms with Crippen molar-refractivity contribution in [2.24, 2.45) is 23.7 Å². The third-order valence-electron chi connectivity index (χ3n) is 8.24. The van der Waals surface area contributed by atoms with E-state index in [4.69, 9.17) is 16.3 Å². The summed E-state index contributed by atoms with van der Waals surface area (Å²) in [4.78, 5) is 64.6. The SMILES string of the molecule is O=C(CN(C(=O)c1ccccc1Cl)N1C(=O)[C@H]2[C@H]3CC[C@@H](C3)[C@@H]2C1=O)c1ccc(Oc2ccc([N+](=O)[O-])cc2)cc1. The molecule has 208 valence electrons. The van der Waals surface area contributed by atoms with Gasteiger partial charge in [-0.3, -0.25) is 29.3 Å². The molecular formula is C30H24ClN3O7. The maximum absolute atomic E-state index is 13.7. The number of imide groups is 1. The molecule has 11 heteroatoms. The average Bonchev–Trinajstić information content (AvgIpc) is 3.66. The summed E-state index contributed by atoms with van der Waals surface area (Å²) in [5, 5.41) is 12.8. The van der Waals surface area contributed by atoms with Crippen molar-refractivity contribution in [3.8, 4) is 11.5 Å². The summed E-state index contributed by atoms with van der Waals surface area (Å²) in [7, 11) is 0. The van der Waals surface area contributed by atoms with Crippen LogP contribution >= 0.6 is 11.6 Å². The lowest BCUT2D eigenvalue weighted by atomic mass is 9.81. The predicted octanol–water partition coefficient (Wildman–Crippen LogP) is 5.31. The molecule has 4 atom stereocenters. The Balaban J connectivity index is 1.24. The Morgan fingerprint density at radius 2 is 1.46 bits per heavy atom. The monoisotopic (exact) mass is 573 g/mol. The normalized spacial score (nSPS) is 22.5. The Labute approximate surface area is 239 Å². The van der Waals surface area contributed by atoms with E-state index >= 15 is 0 Å². The Kier molecular flexibility index (Phi) is 6.78. The smallest absolute Gasteiger partial charge is 0.274 e. The number of ketones is 1. The highest BCUT2D eigenvalue weighted by Crippen LogP contribution is 2.56. The van der Waals surface area contributed by atoms with E-state index in [2.05, 4.69) is 0 Å². The van der Waals surface area contributed by atoms with Crippen LogP contribution in [-0.4, -0.2) is 45.0 Å². The number of hydrogen-bond donors (Lipinski definition) is 0. The lowest BCUT2D eigenvalue weighted by Crippen LogP contribution is -2.52. The minimum absolute atomic E-state index is 0.0690. The van der Waals surface area contributed by atoms with Crippen LogP contribution in [0, 0.1) is 33.8 Å². The van der Waals surface area contributed by atoms with E-state index < -0.39 is 46.8 Å². The zero-order chi connectivity index (χ0) is 28.8. The van der Waals surface area contributed by atoms with Gasteiger partial charge in [0, 0.05) is 17.7 Å². The summed E-state index contributed by atoms with van der Waals surface area (Å²) in [5.41, 5.74) is 0.243. The largest absolute Gasteiger partial charge is 0.457 e. The molecule has 1 aliphatic heterocycles. The number of rotatable bonds is 8. The molecule has 0 spiro atoms. The number of halogens is 1. The number of amides is 3. The first-order valence-electron chi connectivity index (χ1n) is 13.2. The second-order valence-electron chi connectivity index (χ2n) is 10.5. The van der Waals surface area contributed by atoms with Gasteiger partial charge in [0.25, 0.3) is 23.4 Å². The van der Waals surface area contributed by atoms with E-state index in [0.29, 0.717) is 11.5 Å². The van der Waals surface area contributed by atoms with Crippen LogP contribution in [0.3, 0.4) is 0 Å². The van der Waals surface area contributed by atoms with Gasteiger partial charge >= 0.3 is 0 Å². The van der Waals surface area contributed by atoms with Crippen molar-refractivity contribution in [2.75, 3.05) is 6.54 Å². The van der Waals surface area contributed by atoms with Gasteiger partial charge in [-0.25, -0.2) is 5.01 Å². The second-order valence-corrected chi connectivity index (χ2v) is 10.9. The van der Waals surface area contributed by atoms with Crippen LogP contribution in [0.4, 0.5) is 5.69 Å². The van der Waals surface area contributed by atoms with Crippen molar-refractivity contribution in [2.45, 2.75) is 19.3 Å². The van der Waals surface area contributed by atoms with Gasteiger partial charge in [0.15, 0.2) is 5.78 Å². The lowest BCUT2D eigenvalue weighted by molar-refractivity contribution is -0.384. The van der Waals surface area contributed by atoms with Gasteiger partial charge in [-0.15, -0.1) is 0 Å². The number of Topliss-reactive ketones (excluding diaryl/α,β-unsaturated/α-hetero) is 1. The number of nitrogens with zero attached hydrogens (tertiary/aromatic N) is 3. The molecule has 0 radical (unpaired) electrons. The fourth-order valence-electron chi connectivity index (χ4n) is 6.35. The van der Waals surface area contributed by atoms with Crippen LogP contribution in [0.5, 0.6) is 11.5 Å². The number of fused-ring (bicyclic) bond motifs is 5. The highest BCUT2D eigenvalue weighted by molar-refractivity contribution is 6.34. The highest BCUT2D eigenvalue weighted by atomic mass is 35.5. The summed E-state index contributed by atoms with van der Waals surface area (Å²) in [5.74, 6) is -2.03. The van der Waals surface area contributed by atoms with Crippen molar-refractivity contribution in [1.29, 1.82) is 0 Å². The third-order valence-corrected chi connectivity index (χ3v) is 8.57. The zero-order valence-corrected chi connectivity index (χ0v) is 22.4. The molecule has 2 aliphatic carbocycles. The standard InChI is InChI=1S/C30H24ClN3O7/c31-24-4-2-1-3-23(24)28(36)32(33-29(37)26-18-5-6-19(15-18)27(26)30(33)38)16-25(35)17-7-11-21(12-8-17)41-22-13-9-20(10-14-22)34(39)40/h1-4,7-14,18-19,26-27H,5-6,15-16H2/t18-,19-,26-,27-/m0/s1. The quantitative estimate of drug-likeness (QED) is 0.155. The molecule has 3 fully saturated rings. The van der Waals surface area contributed by atoms with Crippen molar-refractivity contribution in [1.82, 2.24) is 10.0 Å². The summed E-state index contributed by atoms with van der Waals surface area (Å²) < 4.78 is 5.71. The van der Waals surface area contributed by atoms with E-state index in [-0.39, 0.29) is 33.7 Å². The maximum Gasteiger partial charge on any atom is 0.274 e. The number of nitro benzene ring substituents is 1. The molecule has 3 amide bonds. The minimum Gasteiger partial charge on any atom is -0.457 e. The molecule has 3 aromatic carbocycles. The molecule has 0 aromatic heterocycles. The molecular weight excluding hydrogens is 550 g/mol. The summed E-state index contributed by atoms with van der Waals surface area (Å²) in [6.45, 7) is -0.543. The highest BCUT2D eigenvalue weighted by Gasteiger charge is 2.62. The Morgan fingerprint density at radius 3 is 2.02 bits per heavy atom. The van der Waals surface area contributed by atoms with Crippen LogP contribution in [-0.2, 0) is 9.59 Å². The van der Waals surface area contributed by atoms with E-state index in [1.54, 1.807) is 24.3 Å². The van der Waals surface area contributed by atoms with Crippen LogP contribution in [0.1, 0.15) is 40.0 Å². The van der Waals surface area contributed by atoms with Crippen LogP contribution in [0.25, 0.3) is 0 Å². The number of ether oxygens (including phenoxy) is 1. The van der Waals surface area contributed by atoms with E-state index in [9.17, 15) is 29.3 Å². The number of hydrogen-bond acceptors (Lipinski definition) is 7. The minimum atomic E-state index is -0.712. The Bertz CT molecular complexity index is 1550. The summed E-state index contributed by atoms with van der Waals surface area (Å²) in [6.07, 6.45) is 2.60. The number of carbonyl (C=O) groups excluding carboxylic acids is 4. The molecule has 6 rings (SSSR count). The van der Waals surface area contributed by atoms with Gasteiger partial charge in [-0.1, -0.05) is 23.7 Å². The Hall–Kier alpha value is -4.57. The molecule has 2 saturated carbocycles. The fourth-order valence-corrected chi connectivity index (χ4v) is 6.56. The van der Waals surface area contributed by atoms with Gasteiger partial charge in [0.2, 0.25) is 0 Å². The second kappa shape index (κ2) is 10.4. The fraction of sp³-hybridized carbons (Fsp3) is 0.267. The molecule has 0 unspecified atom stereocenters. The number of nitro groups is 1. The lowest BCUT2D eigenvalue weighted by Gasteiger charge is -2.31. The molecule has 1 saturated heterocycles. The number of benzene rings is 3. The number of carbonyl (C=O) groups is 4. The van der Waals surface area contributed by atoms with Crippen molar-refractivity contribution < 1.29 is 28.8 Å². The van der Waals surface area contributed by atoms with Crippen molar-refractivity contribution in [3.63, 3.8) is 0 Å². The molecule has 41 heavy (non-hydrogen) atoms. The van der Waals surface area contributed by atoms with Gasteiger partial charge in [0.05, 0.1) is 27.3 Å². The molecule has 3 aromatic rings. The molecule has 3 aliphatic rings. The zero-order valence-electron chi connectivity index (χ0n) is 21.6. The van der Waals surface area contributed by atoms with E-state index in [0.717, 1.165) is 29.3 Å². The van der Waals surface area contributed by atoms with Gasteiger partial charge in [-0.05, 0) is 79.6 Å². The van der Waals surface area contributed by atoms with Crippen LogP contribution in [0.2, 0.25) is 5.02 Å². The maximum atomic E-state index is 13.7. The molecule has 0 N–H and O–H groups in total. The molecule has 2 bridgehead atoms. The number of non-ortho nitro benzene ring substituents is 1. The van der Waals surface area contributed by atoms with Crippen LogP contribution in [0.15, 0.2) is 72.8 Å². The average molecular weight is 574 g/mol. The topological polar surface area (TPSA) is 127 Å². The van der Waals surface area contributed by atoms with Gasteiger partial charge < -0.3 is 4.74 Å². The van der Waals surface area contributed by atoms with E-state index in [1.807, 2.05) is 0 Å².